The number of benzene rings is 2. The van der Waals surface area contributed by atoms with E-state index >= 15 is 0 Å². The van der Waals surface area contributed by atoms with E-state index in [2.05, 4.69) is 16.8 Å². The highest BCUT2D eigenvalue weighted by Crippen LogP contribution is 2.19. The van der Waals surface area contributed by atoms with Gasteiger partial charge >= 0.3 is 5.69 Å². The molecule has 0 bridgehead atoms. The van der Waals surface area contributed by atoms with Gasteiger partial charge in [-0.2, -0.15) is 0 Å². The molecule has 1 aromatic heterocycles. The molecule has 0 aliphatic carbocycles. The summed E-state index contributed by atoms with van der Waals surface area (Å²) in [6.45, 7) is 4.80. The number of amides is 1. The number of hydrogen-bond acceptors (Lipinski definition) is 4. The Morgan fingerprint density at radius 2 is 1.72 bits per heavy atom. The summed E-state index contributed by atoms with van der Waals surface area (Å²) in [5.74, 6) is -0.414. The molecule has 8 heteroatoms. The Labute approximate surface area is 185 Å². The van der Waals surface area contributed by atoms with Gasteiger partial charge in [0.2, 0.25) is 0 Å². The highest BCUT2D eigenvalue weighted by molar-refractivity contribution is 5.97. The van der Waals surface area contributed by atoms with Crippen molar-refractivity contribution in [3.8, 4) is 0 Å². The molecule has 2 aromatic carbocycles. The van der Waals surface area contributed by atoms with Crippen LogP contribution in [0.15, 0.2) is 52.1 Å². The molecule has 0 atom stereocenters. The molecular weight excluding hydrogens is 411 g/mol. The van der Waals surface area contributed by atoms with Crippen molar-refractivity contribution in [3.05, 3.63) is 74.7 Å². The summed E-state index contributed by atoms with van der Waals surface area (Å²) in [5, 5.41) is 0.402. The van der Waals surface area contributed by atoms with Gasteiger partial charge in [0.05, 0.1) is 10.9 Å². The lowest BCUT2D eigenvalue weighted by Crippen LogP contribution is -2.48. The minimum atomic E-state index is -0.448. The summed E-state index contributed by atoms with van der Waals surface area (Å²) in [4.78, 5) is 44.8. The van der Waals surface area contributed by atoms with Gasteiger partial charge in [0.1, 0.15) is 5.82 Å². The molecule has 2 heterocycles. The number of fused-ring (bicyclic) bond motifs is 1. The quantitative estimate of drug-likeness (QED) is 0.600. The maximum absolute atomic E-state index is 13.1. The van der Waals surface area contributed by atoms with Crippen LogP contribution in [0.1, 0.15) is 36.5 Å². The second-order valence-electron chi connectivity index (χ2n) is 8.11. The highest BCUT2D eigenvalue weighted by atomic mass is 19.1. The zero-order valence-electron chi connectivity index (χ0n) is 18.1. The van der Waals surface area contributed by atoms with Crippen LogP contribution < -0.4 is 16.1 Å². The first-order chi connectivity index (χ1) is 15.5. The van der Waals surface area contributed by atoms with Crippen molar-refractivity contribution in [2.24, 2.45) is 0 Å². The number of nitrogens with one attached hydrogen (secondary N) is 1. The average molecular weight is 439 g/mol. The normalized spacial score (nSPS) is 14.2. The number of hydrogen-bond donors (Lipinski definition) is 1. The maximum Gasteiger partial charge on any atom is 0.328 e. The monoisotopic (exact) mass is 438 g/mol. The third kappa shape index (κ3) is 4.44. The predicted molar refractivity (Wildman–Crippen MR) is 123 cm³/mol. The Bertz CT molecular complexity index is 1220. The van der Waals surface area contributed by atoms with Crippen molar-refractivity contribution in [2.75, 3.05) is 31.1 Å². The van der Waals surface area contributed by atoms with Crippen LogP contribution in [-0.4, -0.2) is 46.5 Å². The van der Waals surface area contributed by atoms with Crippen LogP contribution in [0.25, 0.3) is 10.9 Å². The molecule has 0 saturated carbocycles. The van der Waals surface area contributed by atoms with Crippen LogP contribution in [0.5, 0.6) is 0 Å². The van der Waals surface area contributed by atoms with Gasteiger partial charge in [-0.1, -0.05) is 19.8 Å². The van der Waals surface area contributed by atoms with E-state index in [1.807, 2.05) is 0 Å². The fourth-order valence-electron chi connectivity index (χ4n) is 4.11. The first-order valence-electron chi connectivity index (χ1n) is 11.0. The van der Waals surface area contributed by atoms with Gasteiger partial charge in [0.25, 0.3) is 11.5 Å². The van der Waals surface area contributed by atoms with Gasteiger partial charge in [0, 0.05) is 44.0 Å². The number of unbranched alkanes of at least 4 members (excludes halogenated alkanes) is 2. The summed E-state index contributed by atoms with van der Waals surface area (Å²) in [7, 11) is 0. The van der Waals surface area contributed by atoms with Gasteiger partial charge in [-0.05, 0) is 48.9 Å². The smallest absolute Gasteiger partial charge is 0.328 e. The second-order valence-corrected chi connectivity index (χ2v) is 8.11. The molecular formula is C24H27FN4O3. The van der Waals surface area contributed by atoms with Crippen molar-refractivity contribution in [2.45, 2.75) is 32.7 Å². The fraction of sp³-hybridized carbons (Fsp3) is 0.375. The van der Waals surface area contributed by atoms with E-state index in [4.69, 9.17) is 0 Å². The molecule has 0 spiro atoms. The molecule has 1 N–H and O–H groups in total. The van der Waals surface area contributed by atoms with E-state index in [1.54, 1.807) is 35.2 Å². The molecule has 0 unspecified atom stereocenters. The zero-order valence-corrected chi connectivity index (χ0v) is 18.1. The Kier molecular flexibility index (Phi) is 6.39. The third-order valence-corrected chi connectivity index (χ3v) is 5.97. The number of piperazine rings is 1. The van der Waals surface area contributed by atoms with E-state index in [1.165, 1.54) is 16.7 Å². The van der Waals surface area contributed by atoms with E-state index in [0.29, 0.717) is 49.2 Å². The zero-order chi connectivity index (χ0) is 22.7. The second kappa shape index (κ2) is 9.38. The minimum absolute atomic E-state index is 0.140. The van der Waals surface area contributed by atoms with Gasteiger partial charge in [-0.3, -0.25) is 14.2 Å². The number of aromatic nitrogens is 2. The summed E-state index contributed by atoms with van der Waals surface area (Å²) >= 11 is 0. The Morgan fingerprint density at radius 1 is 1.00 bits per heavy atom. The Hall–Kier alpha value is -3.42. The van der Waals surface area contributed by atoms with Gasteiger partial charge in [-0.15, -0.1) is 0 Å². The van der Waals surface area contributed by atoms with Gasteiger partial charge in [-0.25, -0.2) is 9.18 Å². The number of aromatic amines is 1. The lowest BCUT2D eigenvalue weighted by Gasteiger charge is -2.36. The van der Waals surface area contributed by atoms with Crippen LogP contribution in [0.2, 0.25) is 0 Å². The molecule has 7 nitrogen and oxygen atoms in total. The molecule has 32 heavy (non-hydrogen) atoms. The molecule has 1 fully saturated rings. The highest BCUT2D eigenvalue weighted by Gasteiger charge is 2.23. The van der Waals surface area contributed by atoms with E-state index in [0.717, 1.165) is 24.9 Å². The number of carbonyl (C=O) groups excluding carboxylic acids is 1. The minimum Gasteiger partial charge on any atom is -0.368 e. The number of carbonyl (C=O) groups is 1. The topological polar surface area (TPSA) is 78.4 Å². The van der Waals surface area contributed by atoms with E-state index in [-0.39, 0.29) is 17.3 Å². The summed E-state index contributed by atoms with van der Waals surface area (Å²) in [6.07, 6.45) is 2.72. The molecule has 1 amide bonds. The van der Waals surface area contributed by atoms with Crippen molar-refractivity contribution >= 4 is 22.5 Å². The summed E-state index contributed by atoms with van der Waals surface area (Å²) < 4.78 is 14.4. The van der Waals surface area contributed by atoms with Crippen molar-refractivity contribution < 1.29 is 9.18 Å². The largest absolute Gasteiger partial charge is 0.368 e. The van der Waals surface area contributed by atoms with Gasteiger partial charge in [0.15, 0.2) is 0 Å². The molecule has 0 radical (unpaired) electrons. The number of H-pyrrole nitrogens is 1. The Balaban J connectivity index is 1.49. The van der Waals surface area contributed by atoms with Crippen LogP contribution in [-0.2, 0) is 6.54 Å². The lowest BCUT2D eigenvalue weighted by atomic mass is 10.1. The molecule has 168 valence electrons. The summed E-state index contributed by atoms with van der Waals surface area (Å²) in [5.41, 5.74) is 0.967. The van der Waals surface area contributed by atoms with Crippen LogP contribution >= 0.6 is 0 Å². The number of nitrogens with zero attached hydrogens (tertiary/aromatic N) is 3. The fourth-order valence-corrected chi connectivity index (χ4v) is 4.11. The molecule has 1 aliphatic rings. The average Bonchev–Trinajstić information content (AvgIpc) is 2.81. The number of rotatable bonds is 6. The molecule has 1 saturated heterocycles. The lowest BCUT2D eigenvalue weighted by molar-refractivity contribution is 0.0747. The van der Waals surface area contributed by atoms with Crippen LogP contribution in [0, 0.1) is 5.82 Å². The van der Waals surface area contributed by atoms with Crippen LogP contribution in [0.4, 0.5) is 10.1 Å². The number of halogens is 1. The predicted octanol–water partition coefficient (Wildman–Crippen LogP) is 2.98. The first-order valence-corrected chi connectivity index (χ1v) is 11.0. The van der Waals surface area contributed by atoms with Crippen molar-refractivity contribution in [1.82, 2.24) is 14.5 Å². The van der Waals surface area contributed by atoms with Crippen molar-refractivity contribution in [1.29, 1.82) is 0 Å². The molecule has 1 aliphatic heterocycles. The SMILES string of the molecule is CCCCCn1c(=O)[nH]c2cc(C(=O)N3CCN(c4ccc(F)cc4)CC3)ccc2c1=O. The molecule has 3 aromatic rings. The van der Waals surface area contributed by atoms with Crippen LogP contribution in [0.3, 0.4) is 0 Å². The maximum atomic E-state index is 13.1. The Morgan fingerprint density at radius 3 is 2.41 bits per heavy atom. The van der Waals surface area contributed by atoms with E-state index in [9.17, 15) is 18.8 Å². The molecule has 4 rings (SSSR count). The van der Waals surface area contributed by atoms with Gasteiger partial charge < -0.3 is 14.8 Å². The summed E-state index contributed by atoms with van der Waals surface area (Å²) in [6, 6.07) is 11.2. The standard InChI is InChI=1S/C24H27FN4O3/c1-2-3-4-11-29-23(31)20-10-5-17(16-21(20)26-24(29)32)22(30)28-14-12-27(13-15-28)19-8-6-18(25)7-9-19/h5-10,16H,2-4,11-15H2,1H3,(H,26,32). The number of anilines is 1. The third-order valence-electron chi connectivity index (χ3n) is 5.97. The van der Waals surface area contributed by atoms with Crippen molar-refractivity contribution in [3.63, 3.8) is 0 Å². The first kappa shape index (κ1) is 21.8. The van der Waals surface area contributed by atoms with E-state index < -0.39 is 5.69 Å².